The van der Waals surface area contributed by atoms with Crippen molar-refractivity contribution in [2.45, 2.75) is 20.8 Å². The third-order valence-electron chi connectivity index (χ3n) is 1.07. The fraction of sp³-hybridized carbons (Fsp3) is 0.455. The number of benzene rings is 1. The molecule has 0 bridgehead atoms. The minimum atomic E-state index is -0.181. The van der Waals surface area contributed by atoms with Crippen LogP contribution in [-0.4, -0.2) is 19.0 Å². The van der Waals surface area contributed by atoms with Gasteiger partial charge in [0.2, 0.25) is 0 Å². The topological polar surface area (TPSA) is 29.5 Å². The summed E-state index contributed by atoms with van der Waals surface area (Å²) in [7, 11) is 1.43. The fourth-order valence-corrected chi connectivity index (χ4v) is 0.534. The summed E-state index contributed by atoms with van der Waals surface area (Å²) in [5.41, 5.74) is 1.32. The Bertz CT molecular complexity index is 159. The van der Waals surface area contributed by atoms with Crippen LogP contribution in [0.5, 0.6) is 0 Å². The molecule has 1 N–H and O–H groups in total. The molecule has 0 aromatic heterocycles. The summed E-state index contributed by atoms with van der Waals surface area (Å²) < 4.78 is 4.10. The lowest BCUT2D eigenvalue weighted by Gasteiger charge is -1.82. The molecule has 0 aliphatic rings. The smallest absolute Gasteiger partial charge is 0.143 e. The first-order valence-electron chi connectivity index (χ1n) is 4.42. The zero-order valence-electron chi connectivity index (χ0n) is 8.95. The van der Waals surface area contributed by atoms with Crippen molar-refractivity contribution < 1.29 is 9.84 Å². The fourth-order valence-electron chi connectivity index (χ4n) is 0.534. The van der Waals surface area contributed by atoms with Crippen LogP contribution in [0.2, 0.25) is 0 Å². The molecule has 76 valence electrons. The van der Waals surface area contributed by atoms with Gasteiger partial charge in [-0.3, -0.25) is 0 Å². The van der Waals surface area contributed by atoms with Crippen molar-refractivity contribution in [3.05, 3.63) is 35.9 Å². The maximum Gasteiger partial charge on any atom is 0.143 e. The van der Waals surface area contributed by atoms with E-state index in [9.17, 15) is 0 Å². The van der Waals surface area contributed by atoms with Crippen LogP contribution in [0.15, 0.2) is 30.3 Å². The highest BCUT2D eigenvalue weighted by Gasteiger charge is 1.72. The minimum Gasteiger partial charge on any atom is -0.371 e. The van der Waals surface area contributed by atoms with Gasteiger partial charge in [0.05, 0.1) is 0 Å². The standard InChI is InChI=1S/C7H8.C2H6O2.C2H6/c1-7-5-3-2-4-6-7;1-4-2-3;1-2/h2-6H,1H3;3H,2H2,1H3;1-2H3. The first-order valence-corrected chi connectivity index (χ1v) is 4.42. The van der Waals surface area contributed by atoms with Crippen molar-refractivity contribution >= 4 is 0 Å². The van der Waals surface area contributed by atoms with Gasteiger partial charge < -0.3 is 9.84 Å². The lowest BCUT2D eigenvalue weighted by Crippen LogP contribution is -1.79. The van der Waals surface area contributed by atoms with Gasteiger partial charge in [0.1, 0.15) is 6.79 Å². The van der Waals surface area contributed by atoms with Gasteiger partial charge in [-0.05, 0) is 6.92 Å². The van der Waals surface area contributed by atoms with Crippen molar-refractivity contribution in [2.75, 3.05) is 13.9 Å². The Kier molecular flexibility index (Phi) is 15.5. The van der Waals surface area contributed by atoms with Gasteiger partial charge in [0, 0.05) is 7.11 Å². The third-order valence-corrected chi connectivity index (χ3v) is 1.07. The number of aliphatic hydroxyl groups excluding tert-OH is 1. The number of ether oxygens (including phenoxy) is 1. The zero-order chi connectivity index (χ0) is 10.5. The zero-order valence-corrected chi connectivity index (χ0v) is 8.95. The summed E-state index contributed by atoms with van der Waals surface area (Å²) in [4.78, 5) is 0. The van der Waals surface area contributed by atoms with Crippen LogP contribution in [0.3, 0.4) is 0 Å². The van der Waals surface area contributed by atoms with E-state index in [-0.39, 0.29) is 6.79 Å². The summed E-state index contributed by atoms with van der Waals surface area (Å²) in [5.74, 6) is 0. The molecule has 2 nitrogen and oxygen atoms in total. The predicted molar refractivity (Wildman–Crippen MR) is 56.6 cm³/mol. The molecule has 0 unspecified atom stereocenters. The molecule has 0 heterocycles. The maximum atomic E-state index is 7.65. The molecule has 0 saturated heterocycles. The van der Waals surface area contributed by atoms with Gasteiger partial charge in [0.25, 0.3) is 0 Å². The number of hydrogen-bond donors (Lipinski definition) is 1. The first kappa shape index (κ1) is 14.7. The van der Waals surface area contributed by atoms with Crippen molar-refractivity contribution in [1.29, 1.82) is 0 Å². The summed E-state index contributed by atoms with van der Waals surface area (Å²) in [6.07, 6.45) is 0. The molecule has 1 rings (SSSR count). The van der Waals surface area contributed by atoms with Crippen LogP contribution in [0, 0.1) is 6.92 Å². The van der Waals surface area contributed by atoms with Gasteiger partial charge in [-0.1, -0.05) is 49.7 Å². The normalized spacial score (nSPS) is 7.46. The monoisotopic (exact) mass is 184 g/mol. The predicted octanol–water partition coefficient (Wildman–Crippen LogP) is 2.60. The van der Waals surface area contributed by atoms with E-state index in [2.05, 4.69) is 23.8 Å². The van der Waals surface area contributed by atoms with E-state index in [1.54, 1.807) is 0 Å². The Morgan fingerprint density at radius 1 is 1.15 bits per heavy atom. The molecular formula is C11H20O2. The van der Waals surface area contributed by atoms with E-state index < -0.39 is 0 Å². The van der Waals surface area contributed by atoms with Crippen molar-refractivity contribution in [3.8, 4) is 0 Å². The molecule has 1 aromatic carbocycles. The number of rotatable bonds is 1. The summed E-state index contributed by atoms with van der Waals surface area (Å²) in [6, 6.07) is 10.3. The number of aliphatic hydroxyl groups is 1. The van der Waals surface area contributed by atoms with Crippen molar-refractivity contribution in [3.63, 3.8) is 0 Å². The molecule has 0 aliphatic heterocycles. The van der Waals surface area contributed by atoms with Gasteiger partial charge in [-0.25, -0.2) is 0 Å². The van der Waals surface area contributed by atoms with Crippen LogP contribution in [0.4, 0.5) is 0 Å². The molecule has 0 amide bonds. The van der Waals surface area contributed by atoms with E-state index in [0.717, 1.165) is 0 Å². The Morgan fingerprint density at radius 2 is 1.54 bits per heavy atom. The lowest BCUT2D eigenvalue weighted by molar-refractivity contribution is 0.0325. The highest BCUT2D eigenvalue weighted by atomic mass is 16.6. The number of hydrogen-bond acceptors (Lipinski definition) is 2. The molecule has 0 fully saturated rings. The highest BCUT2D eigenvalue weighted by Crippen LogP contribution is 1.92. The molecule has 2 heteroatoms. The Labute approximate surface area is 81.2 Å². The van der Waals surface area contributed by atoms with E-state index >= 15 is 0 Å². The van der Waals surface area contributed by atoms with E-state index in [1.807, 2.05) is 32.0 Å². The average Bonchev–Trinajstić information content (AvgIpc) is 2.22. The van der Waals surface area contributed by atoms with Crippen LogP contribution in [0.1, 0.15) is 19.4 Å². The molecule has 1 aromatic rings. The van der Waals surface area contributed by atoms with E-state index in [1.165, 1.54) is 12.7 Å². The number of aryl methyl sites for hydroxylation is 1. The summed E-state index contributed by atoms with van der Waals surface area (Å²) in [5, 5.41) is 7.65. The molecule has 0 atom stereocenters. The van der Waals surface area contributed by atoms with Crippen molar-refractivity contribution in [2.24, 2.45) is 0 Å². The van der Waals surface area contributed by atoms with Gasteiger partial charge >= 0.3 is 0 Å². The maximum absolute atomic E-state index is 7.65. The Hall–Kier alpha value is -0.860. The largest absolute Gasteiger partial charge is 0.371 e. The lowest BCUT2D eigenvalue weighted by atomic mass is 10.2. The first-order chi connectivity index (χ1) is 6.31. The Morgan fingerprint density at radius 3 is 1.69 bits per heavy atom. The second-order valence-electron chi connectivity index (χ2n) is 2.07. The second kappa shape index (κ2) is 13.7. The molecule has 0 saturated carbocycles. The van der Waals surface area contributed by atoms with Gasteiger partial charge in [-0.2, -0.15) is 0 Å². The SMILES string of the molecule is CC.COCO.Cc1ccccc1. The third kappa shape index (κ3) is 14.0. The summed E-state index contributed by atoms with van der Waals surface area (Å²) in [6.45, 7) is 5.90. The van der Waals surface area contributed by atoms with Crippen molar-refractivity contribution in [1.82, 2.24) is 0 Å². The minimum absolute atomic E-state index is 0.181. The van der Waals surface area contributed by atoms with Crippen LogP contribution < -0.4 is 0 Å². The number of methoxy groups -OCH3 is 1. The average molecular weight is 184 g/mol. The van der Waals surface area contributed by atoms with E-state index in [0.29, 0.717) is 0 Å². The highest BCUT2D eigenvalue weighted by molar-refractivity contribution is 5.11. The summed E-state index contributed by atoms with van der Waals surface area (Å²) >= 11 is 0. The molecule has 0 aliphatic carbocycles. The molecule has 0 radical (unpaired) electrons. The van der Waals surface area contributed by atoms with Crippen LogP contribution >= 0.6 is 0 Å². The second-order valence-corrected chi connectivity index (χ2v) is 2.07. The van der Waals surface area contributed by atoms with Crippen LogP contribution in [0.25, 0.3) is 0 Å². The Balaban J connectivity index is 0. The quantitative estimate of drug-likeness (QED) is 0.680. The van der Waals surface area contributed by atoms with Gasteiger partial charge in [0.15, 0.2) is 0 Å². The molecular weight excluding hydrogens is 164 g/mol. The van der Waals surface area contributed by atoms with Crippen LogP contribution in [-0.2, 0) is 4.74 Å². The molecule has 0 spiro atoms. The molecule has 13 heavy (non-hydrogen) atoms. The van der Waals surface area contributed by atoms with Gasteiger partial charge in [-0.15, -0.1) is 0 Å². The van der Waals surface area contributed by atoms with E-state index in [4.69, 9.17) is 5.11 Å².